The molecule has 0 spiro atoms. The molecule has 1 rings (SSSR count). The summed E-state index contributed by atoms with van der Waals surface area (Å²) in [5.74, 6) is -1.42. The summed E-state index contributed by atoms with van der Waals surface area (Å²) < 4.78 is 25.7. The number of hydrogen-bond acceptors (Lipinski definition) is 2. The minimum absolute atomic E-state index is 0.175. The molecule has 0 saturated carbocycles. The number of rotatable bonds is 2. The molecule has 64 valence electrons. The molecule has 4 heteroatoms. The molecule has 0 unspecified atom stereocenters. The third kappa shape index (κ3) is 1.76. The largest absolute Gasteiger partial charge is 0.496 e. The van der Waals surface area contributed by atoms with Crippen LogP contribution >= 0.6 is 15.9 Å². The molecule has 12 heavy (non-hydrogen) atoms. The molecule has 0 aromatic heterocycles. The van der Waals surface area contributed by atoms with Crippen molar-refractivity contribution in [2.45, 2.75) is 0 Å². The number of methoxy groups -OCH3 is 1. The van der Waals surface area contributed by atoms with Crippen LogP contribution in [0.5, 0.6) is 5.75 Å². The molecule has 1 aromatic carbocycles. The van der Waals surface area contributed by atoms with Gasteiger partial charge in [-0.1, -0.05) is 15.9 Å². The van der Waals surface area contributed by atoms with Crippen LogP contribution in [0.15, 0.2) is 22.7 Å². The maximum atomic E-state index is 10.8. The Kier molecular flexibility index (Phi) is 1.67. The molecule has 0 atom stereocenters. The van der Waals surface area contributed by atoms with E-state index in [0.717, 1.165) is 0 Å². The highest BCUT2D eigenvalue weighted by Gasteiger charge is 2.09. The molecule has 0 aliphatic carbocycles. The van der Waals surface area contributed by atoms with Gasteiger partial charge in [0.2, 0.25) is 0 Å². The quantitative estimate of drug-likeness (QED) is 0.852. The van der Waals surface area contributed by atoms with E-state index in [1.807, 2.05) is 0 Å². The van der Waals surface area contributed by atoms with Gasteiger partial charge in [-0.25, -0.2) is 4.79 Å². The number of aromatic carboxylic acids is 1. The van der Waals surface area contributed by atoms with E-state index in [9.17, 15) is 4.79 Å². The predicted octanol–water partition coefficient (Wildman–Crippen LogP) is 2.16. The smallest absolute Gasteiger partial charge is 0.339 e. The van der Waals surface area contributed by atoms with Crippen molar-refractivity contribution in [1.82, 2.24) is 0 Å². The standard InChI is InChI=1S/C8H7BrO3/c1-12-7-3-2-5(9)4-6(7)8(10)11/h2-4H,1H3,(H,10,11)/i1D3. The van der Waals surface area contributed by atoms with E-state index >= 15 is 0 Å². The van der Waals surface area contributed by atoms with Crippen molar-refractivity contribution in [2.75, 3.05) is 7.04 Å². The van der Waals surface area contributed by atoms with Crippen molar-refractivity contribution < 1.29 is 18.8 Å². The highest BCUT2D eigenvalue weighted by molar-refractivity contribution is 9.10. The Balaban J connectivity index is 3.12. The van der Waals surface area contributed by atoms with Crippen LogP contribution in [0.3, 0.4) is 0 Å². The molecule has 0 aliphatic heterocycles. The summed E-state index contributed by atoms with van der Waals surface area (Å²) >= 11 is 3.08. The number of benzene rings is 1. The molecular formula is C8H7BrO3. The van der Waals surface area contributed by atoms with Crippen LogP contribution in [0.25, 0.3) is 0 Å². The molecule has 0 aliphatic rings. The lowest BCUT2D eigenvalue weighted by Gasteiger charge is -2.03. The number of carbonyl (C=O) groups is 1. The summed E-state index contributed by atoms with van der Waals surface area (Å²) in [7, 11) is -2.65. The van der Waals surface area contributed by atoms with E-state index in [2.05, 4.69) is 20.7 Å². The van der Waals surface area contributed by atoms with Gasteiger partial charge in [0.1, 0.15) is 11.3 Å². The second-order valence-corrected chi connectivity index (χ2v) is 2.96. The Hall–Kier alpha value is -1.03. The van der Waals surface area contributed by atoms with Crippen molar-refractivity contribution in [3.05, 3.63) is 28.2 Å². The van der Waals surface area contributed by atoms with Crippen LogP contribution < -0.4 is 4.74 Å². The van der Waals surface area contributed by atoms with Gasteiger partial charge in [0.15, 0.2) is 0 Å². The van der Waals surface area contributed by atoms with E-state index in [1.165, 1.54) is 18.2 Å². The number of halogens is 1. The second kappa shape index (κ2) is 3.58. The summed E-state index contributed by atoms with van der Waals surface area (Å²) in [5.41, 5.74) is -0.194. The first-order valence-corrected chi connectivity index (χ1v) is 3.81. The number of ether oxygens (including phenoxy) is 1. The lowest BCUT2D eigenvalue weighted by molar-refractivity contribution is 0.0693. The average molecular weight is 234 g/mol. The highest BCUT2D eigenvalue weighted by Crippen LogP contribution is 2.22. The Labute approximate surface area is 82.3 Å². The van der Waals surface area contributed by atoms with Crippen molar-refractivity contribution in [1.29, 1.82) is 0 Å². The van der Waals surface area contributed by atoms with E-state index in [0.29, 0.717) is 4.47 Å². The Bertz CT molecular complexity index is 389. The third-order valence-electron chi connectivity index (χ3n) is 1.28. The first-order chi connectivity index (χ1) is 6.79. The summed E-state index contributed by atoms with van der Waals surface area (Å²) in [5, 5.41) is 8.80. The summed E-state index contributed by atoms with van der Waals surface area (Å²) in [6.45, 7) is 0. The molecule has 0 bridgehead atoms. The topological polar surface area (TPSA) is 46.5 Å². The van der Waals surface area contributed by atoms with E-state index in [-0.39, 0.29) is 11.3 Å². The monoisotopic (exact) mass is 233 g/mol. The molecule has 0 fully saturated rings. The maximum absolute atomic E-state index is 10.8. The lowest BCUT2D eigenvalue weighted by Crippen LogP contribution is -1.99. The summed E-state index contributed by atoms with van der Waals surface area (Å²) in [6.07, 6.45) is 0. The molecule has 0 heterocycles. The fourth-order valence-corrected chi connectivity index (χ4v) is 1.12. The van der Waals surface area contributed by atoms with Gasteiger partial charge in [-0.2, -0.15) is 0 Å². The SMILES string of the molecule is [2H]C([2H])([2H])Oc1ccc(Br)cc1C(=O)O. The molecule has 3 nitrogen and oxygen atoms in total. The van der Waals surface area contributed by atoms with Crippen LogP contribution in [-0.2, 0) is 0 Å². The number of carboxylic acids is 1. The maximum Gasteiger partial charge on any atom is 0.339 e. The molecule has 1 aromatic rings. The predicted molar refractivity (Wildman–Crippen MR) is 47.7 cm³/mol. The normalized spacial score (nSPS) is 14.2. The van der Waals surface area contributed by atoms with E-state index < -0.39 is 13.0 Å². The number of hydrogen-bond donors (Lipinski definition) is 1. The molecule has 1 N–H and O–H groups in total. The zero-order chi connectivity index (χ0) is 11.6. The van der Waals surface area contributed by atoms with Gasteiger partial charge < -0.3 is 9.84 Å². The minimum atomic E-state index is -2.65. The van der Waals surface area contributed by atoms with Gasteiger partial charge in [-0.3, -0.25) is 0 Å². The van der Waals surface area contributed by atoms with Gasteiger partial charge in [0.05, 0.1) is 11.2 Å². The van der Waals surface area contributed by atoms with Gasteiger partial charge in [0.25, 0.3) is 0 Å². The Morgan fingerprint density at radius 2 is 2.50 bits per heavy atom. The zero-order valence-corrected chi connectivity index (χ0v) is 7.46. The van der Waals surface area contributed by atoms with Gasteiger partial charge in [-0.15, -0.1) is 0 Å². The highest BCUT2D eigenvalue weighted by atomic mass is 79.9. The first-order valence-electron chi connectivity index (χ1n) is 4.51. The Morgan fingerprint density at radius 1 is 1.75 bits per heavy atom. The van der Waals surface area contributed by atoms with Crippen LogP contribution in [0, 0.1) is 0 Å². The first kappa shape index (κ1) is 5.59. The molecular weight excluding hydrogens is 224 g/mol. The van der Waals surface area contributed by atoms with Crippen LogP contribution in [0.2, 0.25) is 0 Å². The third-order valence-corrected chi connectivity index (χ3v) is 1.78. The van der Waals surface area contributed by atoms with Gasteiger partial charge in [0, 0.05) is 4.47 Å². The van der Waals surface area contributed by atoms with Crippen LogP contribution in [-0.4, -0.2) is 18.1 Å². The number of carboxylic acid groups (broad SMARTS) is 1. The van der Waals surface area contributed by atoms with Gasteiger partial charge in [-0.05, 0) is 18.2 Å². The van der Waals surface area contributed by atoms with Gasteiger partial charge >= 0.3 is 5.97 Å². The second-order valence-electron chi connectivity index (χ2n) is 2.05. The summed E-state index contributed by atoms with van der Waals surface area (Å²) in [4.78, 5) is 10.8. The molecule has 0 saturated heterocycles. The molecule has 0 radical (unpaired) electrons. The Morgan fingerprint density at radius 3 is 3.08 bits per heavy atom. The fourth-order valence-electron chi connectivity index (χ4n) is 0.758. The lowest BCUT2D eigenvalue weighted by atomic mass is 10.2. The average Bonchev–Trinajstić information content (AvgIpc) is 2.05. The van der Waals surface area contributed by atoms with E-state index in [1.54, 1.807) is 0 Å². The zero-order valence-electron chi connectivity index (χ0n) is 8.87. The van der Waals surface area contributed by atoms with Crippen molar-refractivity contribution >= 4 is 21.9 Å². The van der Waals surface area contributed by atoms with E-state index in [4.69, 9.17) is 9.22 Å². The fraction of sp³-hybridized carbons (Fsp3) is 0.125. The molecule has 0 amide bonds. The van der Waals surface area contributed by atoms with Crippen LogP contribution in [0.4, 0.5) is 0 Å². The van der Waals surface area contributed by atoms with Crippen molar-refractivity contribution in [3.8, 4) is 5.75 Å². The van der Waals surface area contributed by atoms with Crippen molar-refractivity contribution in [2.24, 2.45) is 0 Å². The summed E-state index contributed by atoms with van der Waals surface area (Å²) in [6, 6.07) is 4.08. The van der Waals surface area contributed by atoms with Crippen LogP contribution in [0.1, 0.15) is 14.5 Å². The van der Waals surface area contributed by atoms with Crippen molar-refractivity contribution in [3.63, 3.8) is 0 Å². The minimum Gasteiger partial charge on any atom is -0.496 e.